The average molecular weight is 193 g/mol. The third kappa shape index (κ3) is 1.50. The molecule has 3 aliphatic rings. The summed E-state index contributed by atoms with van der Waals surface area (Å²) >= 11 is 0. The molecule has 3 fully saturated rings. The Morgan fingerprint density at radius 3 is 2.57 bits per heavy atom. The van der Waals surface area contributed by atoms with Crippen molar-refractivity contribution in [3.05, 3.63) is 0 Å². The van der Waals surface area contributed by atoms with Gasteiger partial charge in [0.05, 0.1) is 0 Å². The molecule has 0 saturated heterocycles. The summed E-state index contributed by atoms with van der Waals surface area (Å²) < 4.78 is 0. The van der Waals surface area contributed by atoms with Gasteiger partial charge in [-0.3, -0.25) is 0 Å². The molecule has 0 bridgehead atoms. The predicted molar refractivity (Wildman–Crippen MR) is 58.9 cm³/mol. The third-order valence-electron chi connectivity index (χ3n) is 5.19. The van der Waals surface area contributed by atoms with Crippen molar-refractivity contribution in [2.24, 2.45) is 28.9 Å². The summed E-state index contributed by atoms with van der Waals surface area (Å²) in [5.41, 5.74) is 7.20. The number of fused-ring (bicyclic) bond motifs is 2. The van der Waals surface area contributed by atoms with Gasteiger partial charge in [0.1, 0.15) is 0 Å². The van der Waals surface area contributed by atoms with Gasteiger partial charge in [0, 0.05) is 5.54 Å². The van der Waals surface area contributed by atoms with Crippen molar-refractivity contribution in [2.45, 2.75) is 57.9 Å². The van der Waals surface area contributed by atoms with Gasteiger partial charge in [-0.1, -0.05) is 6.92 Å². The highest BCUT2D eigenvalue weighted by molar-refractivity contribution is 5.06. The SMILES string of the molecule is CC12CC[C@@](C)(N)CC3C[C@H]3CC1C2. The lowest BCUT2D eigenvalue weighted by Crippen LogP contribution is -2.37. The summed E-state index contributed by atoms with van der Waals surface area (Å²) in [6.45, 7) is 4.75. The first-order valence-corrected chi connectivity index (χ1v) is 6.27. The maximum atomic E-state index is 6.37. The molecule has 0 aromatic carbocycles. The van der Waals surface area contributed by atoms with E-state index in [0.717, 1.165) is 17.8 Å². The van der Waals surface area contributed by atoms with Crippen LogP contribution in [0.25, 0.3) is 0 Å². The summed E-state index contributed by atoms with van der Waals surface area (Å²) in [6, 6.07) is 0. The van der Waals surface area contributed by atoms with Crippen LogP contribution in [0.5, 0.6) is 0 Å². The van der Waals surface area contributed by atoms with Crippen molar-refractivity contribution in [1.82, 2.24) is 0 Å². The van der Waals surface area contributed by atoms with Crippen LogP contribution in [0.15, 0.2) is 0 Å². The van der Waals surface area contributed by atoms with Gasteiger partial charge in [0.25, 0.3) is 0 Å². The smallest absolute Gasteiger partial charge is 0.0128 e. The molecule has 0 aromatic heterocycles. The molecule has 0 amide bonds. The van der Waals surface area contributed by atoms with E-state index in [2.05, 4.69) is 13.8 Å². The molecule has 3 saturated carbocycles. The molecule has 3 unspecified atom stereocenters. The highest BCUT2D eigenvalue weighted by Gasteiger charge is 2.55. The third-order valence-corrected chi connectivity index (χ3v) is 5.19. The minimum Gasteiger partial charge on any atom is -0.325 e. The molecule has 0 radical (unpaired) electrons. The van der Waals surface area contributed by atoms with Gasteiger partial charge in [-0.2, -0.15) is 0 Å². The summed E-state index contributed by atoms with van der Waals surface area (Å²) in [4.78, 5) is 0. The fourth-order valence-corrected chi connectivity index (χ4v) is 3.66. The van der Waals surface area contributed by atoms with Crippen LogP contribution in [-0.2, 0) is 0 Å². The van der Waals surface area contributed by atoms with Gasteiger partial charge in [0.15, 0.2) is 0 Å². The molecule has 80 valence electrons. The molecule has 3 rings (SSSR count). The van der Waals surface area contributed by atoms with Crippen LogP contribution >= 0.6 is 0 Å². The molecular weight excluding hydrogens is 170 g/mol. The Morgan fingerprint density at radius 2 is 1.79 bits per heavy atom. The predicted octanol–water partition coefficient (Wildman–Crippen LogP) is 2.94. The number of hydrogen-bond acceptors (Lipinski definition) is 1. The standard InChI is InChI=1S/C13H23N/c1-12-3-4-13(2,14)7-10-5-9(10)6-11(12)8-12/h9-11H,3-8,14H2,1-2H3/t9-,10?,11?,12?,13+/m0/s1. The van der Waals surface area contributed by atoms with E-state index in [9.17, 15) is 0 Å². The molecule has 0 spiro atoms. The Labute approximate surface area is 87.4 Å². The summed E-state index contributed by atoms with van der Waals surface area (Å²) in [6.07, 6.45) is 8.43. The van der Waals surface area contributed by atoms with Crippen molar-refractivity contribution < 1.29 is 0 Å². The zero-order valence-electron chi connectivity index (χ0n) is 9.55. The Balaban J connectivity index is 1.75. The first kappa shape index (κ1) is 9.21. The molecule has 14 heavy (non-hydrogen) atoms. The molecule has 3 aliphatic carbocycles. The van der Waals surface area contributed by atoms with Crippen LogP contribution in [-0.4, -0.2) is 5.54 Å². The number of hydrogen-bond donors (Lipinski definition) is 1. The Hall–Kier alpha value is -0.0400. The fraction of sp³-hybridized carbons (Fsp3) is 1.00. The number of rotatable bonds is 0. The molecule has 0 heterocycles. The summed E-state index contributed by atoms with van der Waals surface area (Å²) in [7, 11) is 0. The van der Waals surface area contributed by atoms with Crippen molar-refractivity contribution in [1.29, 1.82) is 0 Å². The van der Waals surface area contributed by atoms with Crippen molar-refractivity contribution >= 4 is 0 Å². The van der Waals surface area contributed by atoms with E-state index in [1.165, 1.54) is 38.5 Å². The highest BCUT2D eigenvalue weighted by Crippen LogP contribution is 2.63. The molecular formula is C13H23N. The molecule has 1 nitrogen and oxygen atoms in total. The molecule has 0 aliphatic heterocycles. The van der Waals surface area contributed by atoms with Crippen LogP contribution in [0.1, 0.15) is 52.4 Å². The average Bonchev–Trinajstić information content (AvgIpc) is 2.92. The van der Waals surface area contributed by atoms with Gasteiger partial charge >= 0.3 is 0 Å². The first-order chi connectivity index (χ1) is 6.49. The van der Waals surface area contributed by atoms with Gasteiger partial charge in [-0.15, -0.1) is 0 Å². The lowest BCUT2D eigenvalue weighted by molar-refractivity contribution is 0.329. The minimum atomic E-state index is 0.139. The maximum absolute atomic E-state index is 6.37. The van der Waals surface area contributed by atoms with E-state index < -0.39 is 0 Å². The summed E-state index contributed by atoms with van der Waals surface area (Å²) in [5.74, 6) is 3.11. The van der Waals surface area contributed by atoms with E-state index in [0.29, 0.717) is 5.41 Å². The minimum absolute atomic E-state index is 0.139. The first-order valence-electron chi connectivity index (χ1n) is 6.27. The second-order valence-corrected chi connectivity index (χ2v) is 6.90. The quantitative estimate of drug-likeness (QED) is 0.629. The molecule has 5 atom stereocenters. The topological polar surface area (TPSA) is 26.0 Å². The second-order valence-electron chi connectivity index (χ2n) is 6.90. The van der Waals surface area contributed by atoms with Crippen molar-refractivity contribution in [3.8, 4) is 0 Å². The van der Waals surface area contributed by atoms with Gasteiger partial charge in [-0.25, -0.2) is 0 Å². The van der Waals surface area contributed by atoms with E-state index in [1.807, 2.05) is 0 Å². The monoisotopic (exact) mass is 193 g/mol. The second kappa shape index (κ2) is 2.55. The van der Waals surface area contributed by atoms with E-state index >= 15 is 0 Å². The van der Waals surface area contributed by atoms with Gasteiger partial charge < -0.3 is 5.73 Å². The van der Waals surface area contributed by atoms with Crippen molar-refractivity contribution in [3.63, 3.8) is 0 Å². The zero-order chi connectivity index (χ0) is 9.97. The van der Waals surface area contributed by atoms with E-state index in [-0.39, 0.29) is 5.54 Å². The Morgan fingerprint density at radius 1 is 1.00 bits per heavy atom. The molecule has 2 N–H and O–H groups in total. The highest BCUT2D eigenvalue weighted by atomic mass is 14.7. The molecule has 0 aromatic rings. The molecule has 1 heteroatoms. The van der Waals surface area contributed by atoms with E-state index in [1.54, 1.807) is 0 Å². The van der Waals surface area contributed by atoms with E-state index in [4.69, 9.17) is 5.73 Å². The number of nitrogens with two attached hydrogens (primary N) is 1. The lowest BCUT2D eigenvalue weighted by atomic mass is 9.86. The fourth-order valence-electron chi connectivity index (χ4n) is 3.66. The van der Waals surface area contributed by atoms with Crippen LogP contribution in [0.4, 0.5) is 0 Å². The Bertz CT molecular complexity index is 258. The lowest BCUT2D eigenvalue weighted by Gasteiger charge is -2.26. The Kier molecular flexibility index (Phi) is 1.68. The maximum Gasteiger partial charge on any atom is 0.0128 e. The van der Waals surface area contributed by atoms with Crippen LogP contribution in [0.2, 0.25) is 0 Å². The normalized spacial score (nSPS) is 61.5. The zero-order valence-corrected chi connectivity index (χ0v) is 9.55. The summed E-state index contributed by atoms with van der Waals surface area (Å²) in [5, 5.41) is 0. The van der Waals surface area contributed by atoms with Gasteiger partial charge in [-0.05, 0) is 68.6 Å². The van der Waals surface area contributed by atoms with Crippen LogP contribution in [0, 0.1) is 23.2 Å². The van der Waals surface area contributed by atoms with Crippen LogP contribution in [0.3, 0.4) is 0 Å². The van der Waals surface area contributed by atoms with Crippen LogP contribution < -0.4 is 5.73 Å². The van der Waals surface area contributed by atoms with Gasteiger partial charge in [0.2, 0.25) is 0 Å². The van der Waals surface area contributed by atoms with Crippen molar-refractivity contribution in [2.75, 3.05) is 0 Å². The largest absolute Gasteiger partial charge is 0.325 e.